The van der Waals surface area contributed by atoms with Crippen LogP contribution in [0.4, 0.5) is 8.78 Å². The second-order valence-electron chi connectivity index (χ2n) is 5.25. The lowest BCUT2D eigenvalue weighted by atomic mass is 9.97. The second kappa shape index (κ2) is 4.57. The molecule has 0 fully saturated rings. The van der Waals surface area contributed by atoms with Crippen molar-refractivity contribution >= 4 is 17.9 Å². The number of esters is 1. The number of benzene rings is 1. The minimum atomic E-state index is -0.750. The molecule has 0 saturated heterocycles. The number of halogens is 2. The van der Waals surface area contributed by atoms with Crippen molar-refractivity contribution in [3.8, 4) is 0 Å². The van der Waals surface area contributed by atoms with Gasteiger partial charge in [-0.2, -0.15) is 0 Å². The third kappa shape index (κ3) is 2.86. The van der Waals surface area contributed by atoms with Gasteiger partial charge in [0.15, 0.2) is 5.70 Å². The molecule has 0 N–H and O–H groups in total. The Balaban J connectivity index is 2.39. The molecule has 0 amide bonds. The standard InChI is InChI=1S/C14H13F2NO2/c1-14(2,3)13-17-11(12(18)19-13)6-8-4-5-9(15)7-10(8)16/h4-7H,1-3H3/b11-6+. The zero-order valence-corrected chi connectivity index (χ0v) is 10.8. The SMILES string of the molecule is CC(C)(C)C1=N/C(=C/c2ccc(F)cc2F)C(=O)O1. The average molecular weight is 265 g/mol. The first-order valence-electron chi connectivity index (χ1n) is 5.75. The summed E-state index contributed by atoms with van der Waals surface area (Å²) in [7, 11) is 0. The Labute approximate surface area is 109 Å². The molecule has 0 bridgehead atoms. The summed E-state index contributed by atoms with van der Waals surface area (Å²) in [4.78, 5) is 15.7. The maximum absolute atomic E-state index is 13.5. The Kier molecular flexibility index (Phi) is 3.22. The van der Waals surface area contributed by atoms with Crippen molar-refractivity contribution in [2.45, 2.75) is 20.8 Å². The molecule has 0 atom stereocenters. The number of rotatable bonds is 1. The Bertz CT molecular complexity index is 598. The topological polar surface area (TPSA) is 38.7 Å². The van der Waals surface area contributed by atoms with Crippen LogP contribution in [-0.2, 0) is 9.53 Å². The van der Waals surface area contributed by atoms with Gasteiger partial charge in [-0.3, -0.25) is 0 Å². The summed E-state index contributed by atoms with van der Waals surface area (Å²) in [5.74, 6) is -1.77. The summed E-state index contributed by atoms with van der Waals surface area (Å²) in [6.45, 7) is 5.54. The number of aliphatic imine (C=N–C) groups is 1. The minimum absolute atomic E-state index is 0.00966. The average Bonchev–Trinajstić information content (AvgIpc) is 2.64. The second-order valence-corrected chi connectivity index (χ2v) is 5.25. The lowest BCUT2D eigenvalue weighted by Crippen LogP contribution is -2.21. The fourth-order valence-electron chi connectivity index (χ4n) is 1.50. The van der Waals surface area contributed by atoms with Gasteiger partial charge < -0.3 is 4.74 Å². The lowest BCUT2D eigenvalue weighted by molar-refractivity contribution is -0.130. The molecule has 0 radical (unpaired) electrons. The van der Waals surface area contributed by atoms with Gasteiger partial charge >= 0.3 is 5.97 Å². The number of nitrogens with zero attached hydrogens (tertiary/aromatic N) is 1. The fraction of sp³-hybridized carbons (Fsp3) is 0.286. The van der Waals surface area contributed by atoms with Crippen molar-refractivity contribution in [1.82, 2.24) is 0 Å². The van der Waals surface area contributed by atoms with E-state index in [4.69, 9.17) is 4.74 Å². The van der Waals surface area contributed by atoms with Crippen LogP contribution >= 0.6 is 0 Å². The summed E-state index contributed by atoms with van der Waals surface area (Å²) >= 11 is 0. The predicted octanol–water partition coefficient (Wildman–Crippen LogP) is 3.31. The van der Waals surface area contributed by atoms with Crippen molar-refractivity contribution in [3.63, 3.8) is 0 Å². The van der Waals surface area contributed by atoms with Crippen LogP contribution in [0.1, 0.15) is 26.3 Å². The highest BCUT2D eigenvalue weighted by Crippen LogP contribution is 2.26. The van der Waals surface area contributed by atoms with Gasteiger partial charge in [0.05, 0.1) is 0 Å². The van der Waals surface area contributed by atoms with E-state index < -0.39 is 23.0 Å². The van der Waals surface area contributed by atoms with Gasteiger partial charge in [-0.1, -0.05) is 20.8 Å². The van der Waals surface area contributed by atoms with E-state index in [0.29, 0.717) is 0 Å². The number of carbonyl (C=O) groups is 1. The first kappa shape index (κ1) is 13.4. The molecule has 0 unspecified atom stereocenters. The van der Waals surface area contributed by atoms with Crippen LogP contribution < -0.4 is 0 Å². The van der Waals surface area contributed by atoms with Gasteiger partial charge in [0.1, 0.15) is 11.6 Å². The van der Waals surface area contributed by atoms with Crippen LogP contribution in [-0.4, -0.2) is 11.9 Å². The van der Waals surface area contributed by atoms with E-state index in [-0.39, 0.29) is 17.2 Å². The van der Waals surface area contributed by atoms with Crippen LogP contribution in [0.3, 0.4) is 0 Å². The Morgan fingerprint density at radius 1 is 1.26 bits per heavy atom. The van der Waals surface area contributed by atoms with E-state index in [1.165, 1.54) is 12.1 Å². The number of carbonyl (C=O) groups excluding carboxylic acids is 1. The molecule has 0 aliphatic carbocycles. The van der Waals surface area contributed by atoms with Crippen molar-refractivity contribution in [2.75, 3.05) is 0 Å². The minimum Gasteiger partial charge on any atom is -0.406 e. The molecule has 1 aromatic rings. The highest BCUT2D eigenvalue weighted by molar-refractivity contribution is 6.08. The molecule has 1 heterocycles. The highest BCUT2D eigenvalue weighted by atomic mass is 19.1. The van der Waals surface area contributed by atoms with Crippen molar-refractivity contribution in [3.05, 3.63) is 41.1 Å². The molecular formula is C14H13F2NO2. The number of cyclic esters (lactones) is 1. The van der Waals surface area contributed by atoms with Gasteiger partial charge in [-0.25, -0.2) is 18.6 Å². The molecule has 2 rings (SSSR count). The van der Waals surface area contributed by atoms with Crippen LogP contribution in [0, 0.1) is 17.0 Å². The molecule has 5 heteroatoms. The first-order valence-corrected chi connectivity index (χ1v) is 5.75. The van der Waals surface area contributed by atoms with Crippen molar-refractivity contribution in [1.29, 1.82) is 0 Å². The van der Waals surface area contributed by atoms with E-state index in [9.17, 15) is 13.6 Å². The molecule has 1 aliphatic rings. The van der Waals surface area contributed by atoms with E-state index in [1.54, 1.807) is 0 Å². The lowest BCUT2D eigenvalue weighted by Gasteiger charge is -2.15. The highest BCUT2D eigenvalue weighted by Gasteiger charge is 2.31. The molecule has 3 nitrogen and oxygen atoms in total. The Morgan fingerprint density at radius 2 is 1.95 bits per heavy atom. The van der Waals surface area contributed by atoms with Gasteiger partial charge in [-0.15, -0.1) is 0 Å². The maximum atomic E-state index is 13.5. The Hall–Kier alpha value is -2.04. The summed E-state index contributed by atoms with van der Waals surface area (Å²) < 4.78 is 31.3. The van der Waals surface area contributed by atoms with Crippen LogP contribution in [0.25, 0.3) is 6.08 Å². The molecular weight excluding hydrogens is 252 g/mol. The smallest absolute Gasteiger partial charge is 0.363 e. The van der Waals surface area contributed by atoms with Crippen molar-refractivity contribution in [2.24, 2.45) is 10.4 Å². The molecule has 19 heavy (non-hydrogen) atoms. The van der Waals surface area contributed by atoms with Gasteiger partial charge in [0.2, 0.25) is 5.90 Å². The molecule has 1 aromatic carbocycles. The molecule has 0 saturated carbocycles. The molecule has 0 aromatic heterocycles. The molecule has 0 spiro atoms. The number of hydrogen-bond donors (Lipinski definition) is 0. The summed E-state index contributed by atoms with van der Waals surface area (Å²) in [6, 6.07) is 3.11. The van der Waals surface area contributed by atoms with Gasteiger partial charge in [0, 0.05) is 17.0 Å². The van der Waals surface area contributed by atoms with E-state index in [2.05, 4.69) is 4.99 Å². The zero-order valence-electron chi connectivity index (χ0n) is 10.8. The number of hydrogen-bond acceptors (Lipinski definition) is 3. The molecule has 100 valence electrons. The number of ether oxygens (including phenoxy) is 1. The summed E-state index contributed by atoms with van der Waals surface area (Å²) in [5.41, 5.74) is -0.310. The largest absolute Gasteiger partial charge is 0.406 e. The maximum Gasteiger partial charge on any atom is 0.363 e. The van der Waals surface area contributed by atoms with Crippen LogP contribution in [0.15, 0.2) is 28.9 Å². The normalized spacial score (nSPS) is 17.6. The third-order valence-electron chi connectivity index (χ3n) is 2.52. The quantitative estimate of drug-likeness (QED) is 0.577. The third-order valence-corrected chi connectivity index (χ3v) is 2.52. The zero-order chi connectivity index (χ0) is 14.2. The predicted molar refractivity (Wildman–Crippen MR) is 67.3 cm³/mol. The van der Waals surface area contributed by atoms with Crippen molar-refractivity contribution < 1.29 is 18.3 Å². The Morgan fingerprint density at radius 3 is 2.47 bits per heavy atom. The van der Waals surface area contributed by atoms with E-state index >= 15 is 0 Å². The van der Waals surface area contributed by atoms with E-state index in [1.807, 2.05) is 20.8 Å². The van der Waals surface area contributed by atoms with E-state index in [0.717, 1.165) is 12.1 Å². The van der Waals surface area contributed by atoms with Gasteiger partial charge in [0.25, 0.3) is 0 Å². The fourth-order valence-corrected chi connectivity index (χ4v) is 1.50. The van der Waals surface area contributed by atoms with Gasteiger partial charge in [-0.05, 0) is 18.2 Å². The first-order chi connectivity index (χ1) is 8.77. The van der Waals surface area contributed by atoms with Crippen LogP contribution in [0.2, 0.25) is 0 Å². The summed E-state index contributed by atoms with van der Waals surface area (Å²) in [6.07, 6.45) is 1.25. The summed E-state index contributed by atoms with van der Waals surface area (Å²) in [5, 5.41) is 0. The monoisotopic (exact) mass is 265 g/mol. The van der Waals surface area contributed by atoms with Crippen LogP contribution in [0.5, 0.6) is 0 Å². The molecule has 1 aliphatic heterocycles.